The van der Waals surface area contributed by atoms with Crippen molar-refractivity contribution < 1.29 is 4.79 Å². The number of anilines is 1. The van der Waals surface area contributed by atoms with E-state index in [-0.39, 0.29) is 11.6 Å². The standard InChI is InChI=1S/C14H20N2O/c1-7-8(2)10(4)12-11(9(7)3)14(5,6)16-13(17)15-12/h1-6H3,(H2,15,16,17). The number of amides is 2. The average molecular weight is 232 g/mol. The van der Waals surface area contributed by atoms with Crippen LogP contribution in [0.2, 0.25) is 0 Å². The van der Waals surface area contributed by atoms with Crippen molar-refractivity contribution in [3.8, 4) is 0 Å². The van der Waals surface area contributed by atoms with Crippen LogP contribution in [0.25, 0.3) is 0 Å². The number of urea groups is 1. The molecule has 1 aromatic carbocycles. The van der Waals surface area contributed by atoms with E-state index in [1.165, 1.54) is 27.8 Å². The van der Waals surface area contributed by atoms with Gasteiger partial charge in [0.05, 0.1) is 11.2 Å². The molecule has 0 aromatic heterocycles. The van der Waals surface area contributed by atoms with Crippen molar-refractivity contribution in [3.05, 3.63) is 27.8 Å². The predicted octanol–water partition coefficient (Wildman–Crippen LogP) is 3.29. The van der Waals surface area contributed by atoms with Gasteiger partial charge in [0.1, 0.15) is 0 Å². The predicted molar refractivity (Wildman–Crippen MR) is 70.6 cm³/mol. The Morgan fingerprint density at radius 1 is 0.882 bits per heavy atom. The van der Waals surface area contributed by atoms with Crippen LogP contribution < -0.4 is 10.6 Å². The van der Waals surface area contributed by atoms with Crippen LogP contribution in [0.1, 0.15) is 41.7 Å². The molecule has 2 amide bonds. The van der Waals surface area contributed by atoms with E-state index < -0.39 is 0 Å². The van der Waals surface area contributed by atoms with Crippen LogP contribution in [0, 0.1) is 27.7 Å². The minimum atomic E-state index is -0.315. The summed E-state index contributed by atoms with van der Waals surface area (Å²) in [6.07, 6.45) is 0. The Labute approximate surface area is 103 Å². The monoisotopic (exact) mass is 232 g/mol. The fourth-order valence-electron chi connectivity index (χ4n) is 2.74. The molecule has 0 unspecified atom stereocenters. The topological polar surface area (TPSA) is 41.1 Å². The molecule has 3 nitrogen and oxygen atoms in total. The Balaban J connectivity index is 2.84. The number of benzene rings is 1. The molecule has 92 valence electrons. The molecule has 0 saturated heterocycles. The van der Waals surface area contributed by atoms with Gasteiger partial charge >= 0.3 is 6.03 Å². The maximum absolute atomic E-state index is 11.7. The second kappa shape index (κ2) is 3.49. The Morgan fingerprint density at radius 3 is 2.00 bits per heavy atom. The molecule has 17 heavy (non-hydrogen) atoms. The molecule has 0 fully saturated rings. The molecule has 0 spiro atoms. The lowest BCUT2D eigenvalue weighted by Gasteiger charge is -2.37. The van der Waals surface area contributed by atoms with Gasteiger partial charge in [0.2, 0.25) is 0 Å². The second-order valence-corrected chi connectivity index (χ2v) is 5.45. The average Bonchev–Trinajstić information content (AvgIpc) is 2.21. The molecule has 2 N–H and O–H groups in total. The summed E-state index contributed by atoms with van der Waals surface area (Å²) in [6, 6.07) is -0.117. The van der Waals surface area contributed by atoms with Crippen molar-refractivity contribution in [1.82, 2.24) is 5.32 Å². The number of nitrogens with one attached hydrogen (secondary N) is 2. The van der Waals surface area contributed by atoms with Crippen LogP contribution >= 0.6 is 0 Å². The summed E-state index contributed by atoms with van der Waals surface area (Å²) in [7, 11) is 0. The van der Waals surface area contributed by atoms with Gasteiger partial charge in [-0.2, -0.15) is 0 Å². The molecule has 0 radical (unpaired) electrons. The lowest BCUT2D eigenvalue weighted by atomic mass is 9.82. The third-order valence-electron chi connectivity index (χ3n) is 3.98. The van der Waals surface area contributed by atoms with Crippen molar-refractivity contribution in [2.45, 2.75) is 47.1 Å². The van der Waals surface area contributed by atoms with Gasteiger partial charge in [-0.3, -0.25) is 0 Å². The van der Waals surface area contributed by atoms with E-state index in [1.54, 1.807) is 0 Å². The highest BCUT2D eigenvalue weighted by atomic mass is 16.2. The second-order valence-electron chi connectivity index (χ2n) is 5.45. The number of carbonyl (C=O) groups is 1. The summed E-state index contributed by atoms with van der Waals surface area (Å²) in [6.45, 7) is 12.5. The third kappa shape index (κ3) is 1.61. The van der Waals surface area contributed by atoms with Gasteiger partial charge in [-0.15, -0.1) is 0 Å². The quantitative estimate of drug-likeness (QED) is 0.708. The molecule has 0 bridgehead atoms. The van der Waals surface area contributed by atoms with E-state index in [4.69, 9.17) is 0 Å². The molecule has 1 aliphatic rings. The van der Waals surface area contributed by atoms with Crippen LogP contribution in [-0.2, 0) is 5.54 Å². The molecule has 1 aromatic rings. The zero-order valence-corrected chi connectivity index (χ0v) is 11.4. The van der Waals surface area contributed by atoms with E-state index in [0.717, 1.165) is 5.69 Å². The lowest BCUT2D eigenvalue weighted by molar-refractivity contribution is 0.239. The number of hydrogen-bond donors (Lipinski definition) is 2. The first-order chi connectivity index (χ1) is 7.75. The normalized spacial score (nSPS) is 17.2. The number of carbonyl (C=O) groups excluding carboxylic acids is 1. The van der Waals surface area contributed by atoms with Gasteiger partial charge in [-0.05, 0) is 63.8 Å². The van der Waals surface area contributed by atoms with Gasteiger partial charge < -0.3 is 10.6 Å². The van der Waals surface area contributed by atoms with Gasteiger partial charge in [-0.25, -0.2) is 4.79 Å². The zero-order chi connectivity index (χ0) is 13.0. The van der Waals surface area contributed by atoms with Crippen LogP contribution in [0.4, 0.5) is 10.5 Å². The number of fused-ring (bicyclic) bond motifs is 1. The summed E-state index contributed by atoms with van der Waals surface area (Å²) in [5.74, 6) is 0. The van der Waals surface area contributed by atoms with E-state index in [1.807, 2.05) is 13.8 Å². The van der Waals surface area contributed by atoms with Crippen LogP contribution in [0.15, 0.2) is 0 Å². The first-order valence-electron chi connectivity index (χ1n) is 5.95. The summed E-state index contributed by atoms with van der Waals surface area (Å²) in [5, 5.41) is 5.92. The summed E-state index contributed by atoms with van der Waals surface area (Å²) >= 11 is 0. The molecule has 3 heteroatoms. The minimum Gasteiger partial charge on any atom is -0.329 e. The maximum Gasteiger partial charge on any atom is 0.319 e. The zero-order valence-electron chi connectivity index (χ0n) is 11.4. The van der Waals surface area contributed by atoms with E-state index >= 15 is 0 Å². The molecule has 2 rings (SSSR count). The lowest BCUT2D eigenvalue weighted by Crippen LogP contribution is -2.48. The highest BCUT2D eigenvalue weighted by molar-refractivity contribution is 5.95. The van der Waals surface area contributed by atoms with Crippen molar-refractivity contribution >= 4 is 11.7 Å². The van der Waals surface area contributed by atoms with E-state index in [0.29, 0.717) is 0 Å². The van der Waals surface area contributed by atoms with Gasteiger partial charge in [0, 0.05) is 5.56 Å². The number of rotatable bonds is 0. The van der Waals surface area contributed by atoms with Crippen LogP contribution in [0.5, 0.6) is 0 Å². The van der Waals surface area contributed by atoms with Gasteiger partial charge in [0.15, 0.2) is 0 Å². The Kier molecular flexibility index (Phi) is 2.45. The molecular formula is C14H20N2O. The first kappa shape index (κ1) is 12.0. The highest BCUT2D eigenvalue weighted by Gasteiger charge is 2.34. The summed E-state index contributed by atoms with van der Waals surface area (Å²) in [5.41, 5.74) is 6.89. The van der Waals surface area contributed by atoms with Gasteiger partial charge in [0.25, 0.3) is 0 Å². The van der Waals surface area contributed by atoms with Crippen molar-refractivity contribution in [3.63, 3.8) is 0 Å². The van der Waals surface area contributed by atoms with Crippen molar-refractivity contribution in [2.24, 2.45) is 0 Å². The fourth-order valence-corrected chi connectivity index (χ4v) is 2.74. The molecule has 0 atom stereocenters. The Hall–Kier alpha value is -1.51. The highest BCUT2D eigenvalue weighted by Crippen LogP contribution is 2.39. The summed E-state index contributed by atoms with van der Waals surface area (Å²) in [4.78, 5) is 11.7. The largest absolute Gasteiger partial charge is 0.329 e. The maximum atomic E-state index is 11.7. The molecular weight excluding hydrogens is 212 g/mol. The summed E-state index contributed by atoms with van der Waals surface area (Å²) < 4.78 is 0. The van der Waals surface area contributed by atoms with Crippen LogP contribution in [-0.4, -0.2) is 6.03 Å². The minimum absolute atomic E-state index is 0.117. The smallest absolute Gasteiger partial charge is 0.319 e. The Bertz CT molecular complexity index is 516. The van der Waals surface area contributed by atoms with E-state index in [2.05, 4.69) is 38.3 Å². The molecule has 0 saturated carbocycles. The fraction of sp³-hybridized carbons (Fsp3) is 0.500. The van der Waals surface area contributed by atoms with Crippen molar-refractivity contribution in [1.29, 1.82) is 0 Å². The van der Waals surface area contributed by atoms with E-state index in [9.17, 15) is 4.79 Å². The molecule has 0 aliphatic carbocycles. The van der Waals surface area contributed by atoms with Crippen LogP contribution in [0.3, 0.4) is 0 Å². The molecule has 1 aliphatic heterocycles. The molecule has 1 heterocycles. The Morgan fingerprint density at radius 2 is 1.41 bits per heavy atom. The third-order valence-corrected chi connectivity index (χ3v) is 3.98. The SMILES string of the molecule is Cc1c(C)c(C)c2c(c1C)NC(=O)NC2(C)C. The number of hydrogen-bond acceptors (Lipinski definition) is 1. The van der Waals surface area contributed by atoms with Gasteiger partial charge in [-0.1, -0.05) is 0 Å². The first-order valence-corrected chi connectivity index (χ1v) is 5.95. The van der Waals surface area contributed by atoms with Crippen molar-refractivity contribution in [2.75, 3.05) is 5.32 Å².